The standard InChI is InChI=1S/C25H27N3O6/c1-16(29)26-15-17-7-9-19(10-8-17)33-20-11-13-21(14-12-20)34-25(18-5-3-2-4-6-18)22(30)27-24(32)28-23(25)31/h7-14,18H,2-6,15H2,1H3,(H,26,29)(H2,27,28,30,31,32). The summed E-state index contributed by atoms with van der Waals surface area (Å²) in [5.74, 6) is -0.405. The van der Waals surface area contributed by atoms with E-state index in [2.05, 4.69) is 16.0 Å². The Labute approximate surface area is 197 Å². The van der Waals surface area contributed by atoms with Gasteiger partial charge in [-0.15, -0.1) is 0 Å². The third-order valence-corrected chi connectivity index (χ3v) is 6.11. The first kappa shape index (κ1) is 23.3. The van der Waals surface area contributed by atoms with Gasteiger partial charge in [-0.2, -0.15) is 0 Å². The van der Waals surface area contributed by atoms with E-state index in [4.69, 9.17) is 9.47 Å². The van der Waals surface area contributed by atoms with Gasteiger partial charge in [-0.3, -0.25) is 25.0 Å². The molecule has 2 aromatic carbocycles. The van der Waals surface area contributed by atoms with Gasteiger partial charge in [0.25, 0.3) is 17.4 Å². The van der Waals surface area contributed by atoms with Crippen molar-refractivity contribution in [3.05, 3.63) is 54.1 Å². The zero-order chi connectivity index (χ0) is 24.1. The zero-order valence-corrected chi connectivity index (χ0v) is 18.9. The van der Waals surface area contributed by atoms with Gasteiger partial charge in [0.2, 0.25) is 5.91 Å². The summed E-state index contributed by atoms with van der Waals surface area (Å²) in [5, 5.41) is 7.14. The molecule has 34 heavy (non-hydrogen) atoms. The molecule has 1 aliphatic heterocycles. The molecule has 5 amide bonds. The Morgan fingerprint density at radius 3 is 1.97 bits per heavy atom. The van der Waals surface area contributed by atoms with Gasteiger partial charge in [0.15, 0.2) is 0 Å². The van der Waals surface area contributed by atoms with E-state index in [0.29, 0.717) is 36.6 Å². The van der Waals surface area contributed by atoms with Crippen molar-refractivity contribution in [2.24, 2.45) is 5.92 Å². The Morgan fingerprint density at radius 2 is 1.41 bits per heavy atom. The van der Waals surface area contributed by atoms with E-state index in [-0.39, 0.29) is 11.8 Å². The highest BCUT2D eigenvalue weighted by molar-refractivity contribution is 6.22. The molecule has 0 aromatic heterocycles. The van der Waals surface area contributed by atoms with E-state index in [0.717, 1.165) is 24.8 Å². The predicted octanol–water partition coefficient (Wildman–Crippen LogP) is 3.18. The van der Waals surface area contributed by atoms with Gasteiger partial charge in [0.1, 0.15) is 17.2 Å². The van der Waals surface area contributed by atoms with Crippen molar-refractivity contribution >= 4 is 23.8 Å². The minimum Gasteiger partial charge on any atom is -0.467 e. The summed E-state index contributed by atoms with van der Waals surface area (Å²) in [4.78, 5) is 48.5. The molecule has 0 spiro atoms. The van der Waals surface area contributed by atoms with Gasteiger partial charge < -0.3 is 14.8 Å². The number of barbiturate groups is 1. The third-order valence-electron chi connectivity index (χ3n) is 6.11. The second kappa shape index (κ2) is 9.94. The van der Waals surface area contributed by atoms with Gasteiger partial charge in [0, 0.05) is 19.4 Å². The average molecular weight is 466 g/mol. The van der Waals surface area contributed by atoms with Crippen LogP contribution in [0.2, 0.25) is 0 Å². The molecular weight excluding hydrogens is 438 g/mol. The van der Waals surface area contributed by atoms with Crippen molar-refractivity contribution in [3.63, 3.8) is 0 Å². The van der Waals surface area contributed by atoms with E-state index < -0.39 is 23.4 Å². The van der Waals surface area contributed by atoms with Crippen LogP contribution in [-0.2, 0) is 20.9 Å². The van der Waals surface area contributed by atoms with E-state index in [1.807, 2.05) is 12.1 Å². The number of hydrogen-bond acceptors (Lipinski definition) is 6. The number of amides is 5. The lowest BCUT2D eigenvalue weighted by Gasteiger charge is -2.41. The Balaban J connectivity index is 1.47. The normalized spacial score (nSPS) is 18.0. The van der Waals surface area contributed by atoms with Crippen LogP contribution in [-0.4, -0.2) is 29.4 Å². The first-order valence-corrected chi connectivity index (χ1v) is 11.3. The summed E-state index contributed by atoms with van der Waals surface area (Å²) in [6.45, 7) is 1.91. The summed E-state index contributed by atoms with van der Waals surface area (Å²) in [6, 6.07) is 13.1. The minimum absolute atomic E-state index is 0.0947. The van der Waals surface area contributed by atoms with Gasteiger partial charge >= 0.3 is 6.03 Å². The summed E-state index contributed by atoms with van der Waals surface area (Å²) < 4.78 is 11.9. The fraction of sp³-hybridized carbons (Fsp3) is 0.360. The summed E-state index contributed by atoms with van der Waals surface area (Å²) in [7, 11) is 0. The van der Waals surface area contributed by atoms with Crippen LogP contribution in [0.1, 0.15) is 44.6 Å². The molecule has 2 aliphatic rings. The summed E-state index contributed by atoms with van der Waals surface area (Å²) >= 11 is 0. The SMILES string of the molecule is CC(=O)NCc1ccc(Oc2ccc(OC3(C4CCCCC4)C(=O)NC(=O)NC3=O)cc2)cc1. The van der Waals surface area contributed by atoms with E-state index in [1.54, 1.807) is 36.4 Å². The summed E-state index contributed by atoms with van der Waals surface area (Å²) in [5.41, 5.74) is -0.845. The molecular formula is C25H27N3O6. The number of benzene rings is 2. The number of urea groups is 1. The molecule has 1 saturated heterocycles. The first-order valence-electron chi connectivity index (χ1n) is 11.3. The van der Waals surface area contributed by atoms with E-state index >= 15 is 0 Å². The van der Waals surface area contributed by atoms with E-state index in [9.17, 15) is 19.2 Å². The van der Waals surface area contributed by atoms with Crippen LogP contribution in [0.5, 0.6) is 17.2 Å². The molecule has 1 saturated carbocycles. The highest BCUT2D eigenvalue weighted by Gasteiger charge is 2.58. The van der Waals surface area contributed by atoms with Gasteiger partial charge in [-0.1, -0.05) is 31.4 Å². The maximum Gasteiger partial charge on any atom is 0.328 e. The van der Waals surface area contributed by atoms with Crippen molar-refractivity contribution in [1.82, 2.24) is 16.0 Å². The Hall–Kier alpha value is -3.88. The zero-order valence-electron chi connectivity index (χ0n) is 18.9. The van der Waals surface area contributed by atoms with E-state index in [1.165, 1.54) is 6.92 Å². The maximum atomic E-state index is 12.9. The van der Waals surface area contributed by atoms with Crippen LogP contribution in [0.15, 0.2) is 48.5 Å². The fourth-order valence-electron chi connectivity index (χ4n) is 4.38. The quantitative estimate of drug-likeness (QED) is 0.540. The Bertz CT molecular complexity index is 1050. The lowest BCUT2D eigenvalue weighted by Crippen LogP contribution is -2.72. The molecule has 0 unspecified atom stereocenters. The molecule has 4 rings (SSSR count). The second-order valence-electron chi connectivity index (χ2n) is 8.54. The number of hydrogen-bond donors (Lipinski definition) is 3. The Kier molecular flexibility index (Phi) is 6.81. The van der Waals surface area contributed by atoms with Crippen LogP contribution >= 0.6 is 0 Å². The molecule has 1 aliphatic carbocycles. The Morgan fingerprint density at radius 1 is 0.882 bits per heavy atom. The number of nitrogens with one attached hydrogen (secondary N) is 3. The number of imide groups is 2. The third kappa shape index (κ3) is 5.03. The van der Waals surface area contributed by atoms with Crippen LogP contribution in [0.25, 0.3) is 0 Å². The van der Waals surface area contributed by atoms with Crippen LogP contribution in [0.3, 0.4) is 0 Å². The molecule has 0 bridgehead atoms. The van der Waals surface area contributed by atoms with Crippen molar-refractivity contribution in [2.75, 3.05) is 0 Å². The van der Waals surface area contributed by atoms with Gasteiger partial charge in [-0.25, -0.2) is 4.79 Å². The molecule has 178 valence electrons. The number of ether oxygens (including phenoxy) is 2. The topological polar surface area (TPSA) is 123 Å². The fourth-order valence-corrected chi connectivity index (χ4v) is 4.38. The molecule has 2 aromatic rings. The van der Waals surface area contributed by atoms with Crippen molar-refractivity contribution < 1.29 is 28.7 Å². The highest BCUT2D eigenvalue weighted by Crippen LogP contribution is 2.38. The van der Waals surface area contributed by atoms with Gasteiger partial charge in [0.05, 0.1) is 0 Å². The monoisotopic (exact) mass is 465 g/mol. The molecule has 3 N–H and O–H groups in total. The highest BCUT2D eigenvalue weighted by atomic mass is 16.5. The maximum absolute atomic E-state index is 12.9. The van der Waals surface area contributed by atoms with Crippen LogP contribution in [0.4, 0.5) is 4.79 Å². The molecule has 0 radical (unpaired) electrons. The predicted molar refractivity (Wildman–Crippen MR) is 122 cm³/mol. The molecule has 2 fully saturated rings. The van der Waals surface area contributed by atoms with Crippen molar-refractivity contribution in [1.29, 1.82) is 0 Å². The lowest BCUT2D eigenvalue weighted by molar-refractivity contribution is -0.158. The number of rotatable bonds is 7. The lowest BCUT2D eigenvalue weighted by atomic mass is 9.75. The molecule has 9 nitrogen and oxygen atoms in total. The van der Waals surface area contributed by atoms with Crippen molar-refractivity contribution in [2.45, 2.75) is 51.2 Å². The molecule has 1 heterocycles. The summed E-state index contributed by atoms with van der Waals surface area (Å²) in [6.07, 6.45) is 4.14. The van der Waals surface area contributed by atoms with Crippen molar-refractivity contribution in [3.8, 4) is 17.2 Å². The largest absolute Gasteiger partial charge is 0.467 e. The second-order valence-corrected chi connectivity index (χ2v) is 8.54. The molecule has 9 heteroatoms. The average Bonchev–Trinajstić information content (AvgIpc) is 2.82. The number of carbonyl (C=O) groups is 4. The van der Waals surface area contributed by atoms with Crippen LogP contribution < -0.4 is 25.4 Å². The first-order chi connectivity index (χ1) is 16.4. The van der Waals surface area contributed by atoms with Gasteiger partial charge in [-0.05, 0) is 54.8 Å². The molecule has 0 atom stereocenters. The smallest absolute Gasteiger partial charge is 0.328 e. The van der Waals surface area contributed by atoms with Crippen LogP contribution in [0, 0.1) is 5.92 Å². The minimum atomic E-state index is -1.79. The number of carbonyl (C=O) groups excluding carboxylic acids is 4.